The van der Waals surface area contributed by atoms with E-state index in [0.717, 1.165) is 69.6 Å². The Morgan fingerprint density at radius 3 is 2.23 bits per heavy atom. The number of amides is 1. The Balaban J connectivity index is 1.21. The van der Waals surface area contributed by atoms with Gasteiger partial charge in [0.2, 0.25) is 0 Å². The number of nitrogens with one attached hydrogen (secondary N) is 2. The molecular formula is C24H33ClN4O+2. The normalized spacial score (nSPS) is 22.2. The molecule has 0 spiro atoms. The van der Waals surface area contributed by atoms with Gasteiger partial charge in [0.05, 0.1) is 10.7 Å². The van der Waals surface area contributed by atoms with Crippen molar-refractivity contribution in [3.8, 4) is 0 Å². The number of rotatable bonds is 5. The lowest BCUT2D eigenvalue weighted by molar-refractivity contribution is -1.02. The van der Waals surface area contributed by atoms with Gasteiger partial charge in [-0.2, -0.15) is 0 Å². The third-order valence-corrected chi connectivity index (χ3v) is 6.91. The van der Waals surface area contributed by atoms with E-state index in [0.29, 0.717) is 12.5 Å². The minimum Gasteiger partial charge on any atom is -0.367 e. The van der Waals surface area contributed by atoms with Crippen LogP contribution in [-0.4, -0.2) is 69.7 Å². The lowest BCUT2D eigenvalue weighted by Gasteiger charge is -2.37. The zero-order valence-electron chi connectivity index (χ0n) is 17.9. The number of hydrogen-bond donors (Lipinski definition) is 2. The lowest BCUT2D eigenvalue weighted by Crippen LogP contribution is -3.28. The molecule has 0 atom stereocenters. The minimum atomic E-state index is 0.297. The molecule has 0 radical (unpaired) electrons. The average Bonchev–Trinajstić information content (AvgIpc) is 2.77. The van der Waals surface area contributed by atoms with Crippen LogP contribution in [0.1, 0.15) is 11.1 Å². The molecule has 160 valence electrons. The van der Waals surface area contributed by atoms with Crippen molar-refractivity contribution in [1.82, 2.24) is 4.90 Å². The van der Waals surface area contributed by atoms with Crippen molar-refractivity contribution < 1.29 is 14.6 Å². The summed E-state index contributed by atoms with van der Waals surface area (Å²) >= 11 is 6.33. The summed E-state index contributed by atoms with van der Waals surface area (Å²) in [4.78, 5) is 20.2. The first-order valence-electron chi connectivity index (χ1n) is 11.1. The molecule has 2 fully saturated rings. The standard InChI is InChI=1S/C24H31ClN4O/c1-20-6-2-3-7-21(20)18-26-10-12-27(13-11-26)19-24(30)29-16-14-28(15-17-29)23-9-5-4-8-22(23)25/h2-9H,10-19H2,1H3/p+2. The molecule has 4 rings (SSSR count). The van der Waals surface area contributed by atoms with Crippen LogP contribution in [0.2, 0.25) is 5.02 Å². The number of nitrogens with zero attached hydrogens (tertiary/aromatic N) is 2. The number of hydrogen-bond acceptors (Lipinski definition) is 2. The molecular weight excluding hydrogens is 396 g/mol. The molecule has 0 aromatic heterocycles. The summed E-state index contributed by atoms with van der Waals surface area (Å²) in [7, 11) is 0. The number of quaternary nitrogens is 2. The number of carbonyl (C=O) groups is 1. The van der Waals surface area contributed by atoms with Crippen LogP contribution < -0.4 is 14.7 Å². The molecule has 2 aromatic carbocycles. The van der Waals surface area contributed by atoms with Gasteiger partial charge in [-0.1, -0.05) is 48.0 Å². The number of benzene rings is 2. The summed E-state index contributed by atoms with van der Waals surface area (Å²) in [5.74, 6) is 0.297. The highest BCUT2D eigenvalue weighted by Gasteiger charge is 2.29. The van der Waals surface area contributed by atoms with Gasteiger partial charge in [0.15, 0.2) is 6.54 Å². The molecule has 0 unspecified atom stereocenters. The topological polar surface area (TPSA) is 32.4 Å². The van der Waals surface area contributed by atoms with E-state index < -0.39 is 0 Å². The summed E-state index contributed by atoms with van der Waals surface area (Å²) in [5, 5.41) is 0.785. The molecule has 30 heavy (non-hydrogen) atoms. The highest BCUT2D eigenvalue weighted by Crippen LogP contribution is 2.25. The van der Waals surface area contributed by atoms with Crippen LogP contribution in [0, 0.1) is 6.92 Å². The highest BCUT2D eigenvalue weighted by molar-refractivity contribution is 6.33. The van der Waals surface area contributed by atoms with Crippen LogP contribution >= 0.6 is 11.6 Å². The number of halogens is 1. The first-order valence-corrected chi connectivity index (χ1v) is 11.5. The second-order valence-corrected chi connectivity index (χ2v) is 9.01. The highest BCUT2D eigenvalue weighted by atomic mass is 35.5. The van der Waals surface area contributed by atoms with Crippen molar-refractivity contribution in [3.05, 3.63) is 64.7 Å². The van der Waals surface area contributed by atoms with Crippen molar-refractivity contribution in [1.29, 1.82) is 0 Å². The Labute approximate surface area is 184 Å². The van der Waals surface area contributed by atoms with Crippen molar-refractivity contribution in [3.63, 3.8) is 0 Å². The monoisotopic (exact) mass is 428 g/mol. The summed E-state index contributed by atoms with van der Waals surface area (Å²) in [5.41, 5.74) is 3.90. The lowest BCUT2D eigenvalue weighted by atomic mass is 10.1. The van der Waals surface area contributed by atoms with E-state index in [1.165, 1.54) is 16.0 Å². The predicted molar refractivity (Wildman–Crippen MR) is 121 cm³/mol. The Morgan fingerprint density at radius 1 is 0.900 bits per heavy atom. The van der Waals surface area contributed by atoms with Crippen molar-refractivity contribution in [2.45, 2.75) is 13.5 Å². The number of anilines is 1. The summed E-state index contributed by atoms with van der Waals surface area (Å²) in [6.07, 6.45) is 0. The summed E-state index contributed by atoms with van der Waals surface area (Å²) in [6.45, 7) is 11.6. The maximum atomic E-state index is 12.8. The van der Waals surface area contributed by atoms with E-state index >= 15 is 0 Å². The Morgan fingerprint density at radius 2 is 1.53 bits per heavy atom. The first kappa shape index (κ1) is 21.2. The fraction of sp³-hybridized carbons (Fsp3) is 0.458. The third kappa shape index (κ3) is 5.15. The largest absolute Gasteiger partial charge is 0.367 e. The molecule has 2 aliphatic heterocycles. The van der Waals surface area contributed by atoms with Crippen LogP contribution in [0.25, 0.3) is 0 Å². The minimum absolute atomic E-state index is 0.297. The van der Waals surface area contributed by atoms with E-state index in [4.69, 9.17) is 11.6 Å². The zero-order chi connectivity index (χ0) is 20.9. The van der Waals surface area contributed by atoms with Crippen LogP contribution in [0.15, 0.2) is 48.5 Å². The maximum Gasteiger partial charge on any atom is 0.277 e. The molecule has 6 heteroatoms. The van der Waals surface area contributed by atoms with Crippen LogP contribution in [0.4, 0.5) is 5.69 Å². The van der Waals surface area contributed by atoms with E-state index in [1.54, 1.807) is 4.90 Å². The molecule has 2 aromatic rings. The molecule has 2 heterocycles. The summed E-state index contributed by atoms with van der Waals surface area (Å²) < 4.78 is 0. The van der Waals surface area contributed by atoms with E-state index in [2.05, 4.69) is 42.2 Å². The van der Waals surface area contributed by atoms with Gasteiger partial charge < -0.3 is 19.6 Å². The molecule has 1 amide bonds. The van der Waals surface area contributed by atoms with Gasteiger partial charge in [-0.3, -0.25) is 4.79 Å². The Bertz CT molecular complexity index is 858. The number of para-hydroxylation sites is 1. The Hall–Kier alpha value is -2.08. The maximum absolute atomic E-state index is 12.8. The second kappa shape index (κ2) is 9.82. The van der Waals surface area contributed by atoms with Crippen LogP contribution in [-0.2, 0) is 11.3 Å². The van der Waals surface area contributed by atoms with E-state index in [9.17, 15) is 4.79 Å². The number of aryl methyl sites for hydroxylation is 1. The van der Waals surface area contributed by atoms with Gasteiger partial charge in [-0.25, -0.2) is 0 Å². The molecule has 5 nitrogen and oxygen atoms in total. The third-order valence-electron chi connectivity index (χ3n) is 6.59. The average molecular weight is 429 g/mol. The van der Waals surface area contributed by atoms with Crippen LogP contribution in [0.3, 0.4) is 0 Å². The van der Waals surface area contributed by atoms with Gasteiger partial charge >= 0.3 is 0 Å². The second-order valence-electron chi connectivity index (χ2n) is 8.60. The molecule has 2 N–H and O–H groups in total. The molecule has 2 aliphatic rings. The van der Waals surface area contributed by atoms with Crippen molar-refractivity contribution in [2.75, 3.05) is 63.8 Å². The predicted octanol–water partition coefficient (Wildman–Crippen LogP) is 0.281. The van der Waals surface area contributed by atoms with Gasteiger partial charge in [0, 0.05) is 31.7 Å². The van der Waals surface area contributed by atoms with Gasteiger partial charge in [0.25, 0.3) is 5.91 Å². The van der Waals surface area contributed by atoms with Gasteiger partial charge in [-0.05, 0) is 24.6 Å². The quantitative estimate of drug-likeness (QED) is 0.717. The van der Waals surface area contributed by atoms with Gasteiger partial charge in [-0.15, -0.1) is 0 Å². The van der Waals surface area contributed by atoms with E-state index in [1.807, 2.05) is 23.1 Å². The van der Waals surface area contributed by atoms with Crippen LogP contribution in [0.5, 0.6) is 0 Å². The fourth-order valence-electron chi connectivity index (χ4n) is 4.62. The SMILES string of the molecule is Cc1ccccc1C[NH+]1CC[NH+](CC(=O)N2CCN(c3ccccc3Cl)CC2)CC1. The number of carbonyl (C=O) groups excluding carboxylic acids is 1. The Kier molecular flexibility index (Phi) is 6.93. The summed E-state index contributed by atoms with van der Waals surface area (Å²) in [6, 6.07) is 16.6. The van der Waals surface area contributed by atoms with E-state index in [-0.39, 0.29) is 0 Å². The van der Waals surface area contributed by atoms with Crippen molar-refractivity contribution in [2.24, 2.45) is 0 Å². The molecule has 2 saturated heterocycles. The van der Waals surface area contributed by atoms with Gasteiger partial charge in [0.1, 0.15) is 32.7 Å². The molecule has 0 aliphatic carbocycles. The zero-order valence-corrected chi connectivity index (χ0v) is 18.6. The molecule has 0 saturated carbocycles. The first-order chi connectivity index (χ1) is 14.6. The van der Waals surface area contributed by atoms with Crippen molar-refractivity contribution >= 4 is 23.2 Å². The fourth-order valence-corrected chi connectivity index (χ4v) is 4.87. The smallest absolute Gasteiger partial charge is 0.277 e. The molecule has 0 bridgehead atoms. The number of piperazine rings is 2.